The molecule has 0 aliphatic carbocycles. The first-order valence-corrected chi connectivity index (χ1v) is 19.4. The van der Waals surface area contributed by atoms with Crippen LogP contribution in [0.3, 0.4) is 0 Å². The van der Waals surface area contributed by atoms with Crippen molar-refractivity contribution < 1.29 is 13.6 Å². The van der Waals surface area contributed by atoms with E-state index in [-0.39, 0.29) is 40.0 Å². The first kappa shape index (κ1) is 33.7. The molecule has 0 aromatic heterocycles. The molecule has 0 aliphatic rings. The van der Waals surface area contributed by atoms with Gasteiger partial charge in [0, 0.05) is 31.5 Å². The maximum absolute atomic E-state index is 7.37. The standard InChI is InChI=1S/C34H56O3Si2/c1-14-26(2)31(35-11)28(4)32(37-38(12,13)33(5,6)7)27(3)25-36-39(34(8,9)10,29-21-17-15-18-22-29)30-23-19-16-20-24-30/h14-24,26-28,31-32H,1,25H2,2-13H3/t26-,27-,28-,31-,32-/m0/s1. The van der Waals surface area contributed by atoms with Crippen molar-refractivity contribution in [1.82, 2.24) is 0 Å². The van der Waals surface area contributed by atoms with Gasteiger partial charge >= 0.3 is 0 Å². The van der Waals surface area contributed by atoms with Gasteiger partial charge in [-0.3, -0.25) is 0 Å². The van der Waals surface area contributed by atoms with Crippen molar-refractivity contribution in [2.24, 2.45) is 17.8 Å². The molecule has 0 saturated heterocycles. The summed E-state index contributed by atoms with van der Waals surface area (Å²) in [4.78, 5) is 0. The highest BCUT2D eigenvalue weighted by Crippen LogP contribution is 2.41. The molecule has 218 valence electrons. The van der Waals surface area contributed by atoms with Gasteiger partial charge in [-0.1, -0.05) is 129 Å². The maximum atomic E-state index is 7.37. The average molecular weight is 569 g/mol. The summed E-state index contributed by atoms with van der Waals surface area (Å²) >= 11 is 0. The van der Waals surface area contributed by atoms with Crippen molar-refractivity contribution >= 4 is 27.0 Å². The van der Waals surface area contributed by atoms with Gasteiger partial charge in [-0.05, 0) is 33.5 Å². The normalized spacial score (nSPS) is 17.2. The van der Waals surface area contributed by atoms with Crippen LogP contribution in [-0.2, 0) is 13.6 Å². The molecule has 0 bridgehead atoms. The van der Waals surface area contributed by atoms with E-state index < -0.39 is 16.6 Å². The van der Waals surface area contributed by atoms with Crippen LogP contribution in [0.4, 0.5) is 0 Å². The molecule has 2 rings (SSSR count). The Bertz CT molecular complexity index is 969. The molecule has 2 aromatic rings. The van der Waals surface area contributed by atoms with Gasteiger partial charge in [0.25, 0.3) is 8.32 Å². The highest BCUT2D eigenvalue weighted by atomic mass is 28.4. The monoisotopic (exact) mass is 568 g/mol. The van der Waals surface area contributed by atoms with Crippen LogP contribution in [0.5, 0.6) is 0 Å². The quantitative estimate of drug-likeness (QED) is 0.181. The lowest BCUT2D eigenvalue weighted by molar-refractivity contribution is -0.0431. The van der Waals surface area contributed by atoms with E-state index in [1.807, 2.05) is 13.2 Å². The molecule has 5 heteroatoms. The van der Waals surface area contributed by atoms with E-state index in [1.54, 1.807) is 0 Å². The van der Waals surface area contributed by atoms with Gasteiger partial charge in [0.1, 0.15) is 0 Å². The molecule has 0 saturated carbocycles. The van der Waals surface area contributed by atoms with Gasteiger partial charge in [-0.15, -0.1) is 6.58 Å². The zero-order chi connectivity index (χ0) is 29.6. The zero-order valence-corrected chi connectivity index (χ0v) is 28.9. The predicted octanol–water partition coefficient (Wildman–Crippen LogP) is 8.06. The Hall–Kier alpha value is -1.51. The van der Waals surface area contributed by atoms with Gasteiger partial charge in [0.05, 0.1) is 12.2 Å². The number of rotatable bonds is 13. The summed E-state index contributed by atoms with van der Waals surface area (Å²) in [6.07, 6.45) is 2.02. The molecule has 39 heavy (non-hydrogen) atoms. The van der Waals surface area contributed by atoms with Gasteiger partial charge in [0.2, 0.25) is 0 Å². The summed E-state index contributed by atoms with van der Waals surface area (Å²) in [6.45, 7) is 30.1. The number of benzene rings is 2. The fourth-order valence-corrected chi connectivity index (χ4v) is 11.8. The molecule has 2 aromatic carbocycles. The number of hydrogen-bond acceptors (Lipinski definition) is 3. The van der Waals surface area contributed by atoms with Crippen LogP contribution in [0.1, 0.15) is 62.3 Å². The van der Waals surface area contributed by atoms with E-state index in [4.69, 9.17) is 13.6 Å². The van der Waals surface area contributed by atoms with Crippen molar-refractivity contribution in [3.63, 3.8) is 0 Å². The molecule has 0 fully saturated rings. The van der Waals surface area contributed by atoms with Gasteiger partial charge in [0.15, 0.2) is 8.32 Å². The fraction of sp³-hybridized carbons (Fsp3) is 0.588. The highest BCUT2D eigenvalue weighted by molar-refractivity contribution is 6.99. The van der Waals surface area contributed by atoms with Crippen LogP contribution in [-0.4, -0.2) is 42.6 Å². The Balaban J connectivity index is 2.57. The number of hydrogen-bond donors (Lipinski definition) is 0. The van der Waals surface area contributed by atoms with Crippen molar-refractivity contribution in [3.05, 3.63) is 73.3 Å². The second kappa shape index (κ2) is 13.4. The lowest BCUT2D eigenvalue weighted by atomic mass is 9.84. The van der Waals surface area contributed by atoms with E-state index in [9.17, 15) is 0 Å². The molecule has 0 heterocycles. The van der Waals surface area contributed by atoms with E-state index >= 15 is 0 Å². The lowest BCUT2D eigenvalue weighted by Gasteiger charge is -2.47. The maximum Gasteiger partial charge on any atom is 0.261 e. The largest absolute Gasteiger partial charge is 0.413 e. The smallest absolute Gasteiger partial charge is 0.261 e. The molecular formula is C34H56O3Si2. The van der Waals surface area contributed by atoms with Crippen molar-refractivity contribution in [3.8, 4) is 0 Å². The fourth-order valence-electron chi connectivity index (χ4n) is 5.60. The first-order chi connectivity index (χ1) is 18.0. The minimum atomic E-state index is -2.64. The van der Waals surface area contributed by atoms with Crippen LogP contribution < -0.4 is 10.4 Å². The van der Waals surface area contributed by atoms with Crippen LogP contribution in [0, 0.1) is 17.8 Å². The summed E-state index contributed by atoms with van der Waals surface area (Å²) in [5, 5.41) is 2.65. The predicted molar refractivity (Wildman–Crippen MR) is 174 cm³/mol. The van der Waals surface area contributed by atoms with Crippen LogP contribution >= 0.6 is 0 Å². The Morgan fingerprint density at radius 1 is 0.769 bits per heavy atom. The third-order valence-corrected chi connectivity index (χ3v) is 18.5. The summed E-state index contributed by atoms with van der Waals surface area (Å²) in [7, 11) is -2.89. The molecule has 3 nitrogen and oxygen atoms in total. The van der Waals surface area contributed by atoms with E-state index in [0.717, 1.165) is 0 Å². The minimum Gasteiger partial charge on any atom is -0.413 e. The number of methoxy groups -OCH3 is 1. The minimum absolute atomic E-state index is 0.00328. The Labute approximate surface area is 242 Å². The van der Waals surface area contributed by atoms with E-state index in [0.29, 0.717) is 6.61 Å². The SMILES string of the molecule is C=C[C@H](C)[C@H](OC)[C@H](C)[C@@H](O[Si](C)(C)C(C)(C)C)[C@@H](C)CO[Si](c1ccccc1)(c1ccccc1)C(C)(C)C. The van der Waals surface area contributed by atoms with Crippen molar-refractivity contribution in [1.29, 1.82) is 0 Å². The van der Waals surface area contributed by atoms with E-state index in [1.165, 1.54) is 10.4 Å². The lowest BCUT2D eigenvalue weighted by Crippen LogP contribution is -2.67. The molecule has 5 atom stereocenters. The third kappa shape index (κ3) is 7.62. The van der Waals surface area contributed by atoms with Gasteiger partial charge < -0.3 is 13.6 Å². The summed E-state index contributed by atoms with van der Waals surface area (Å²) in [6, 6.07) is 21.8. The van der Waals surface area contributed by atoms with Crippen molar-refractivity contribution in [2.45, 2.75) is 97.7 Å². The third-order valence-electron chi connectivity index (χ3n) is 8.98. The molecule has 0 unspecified atom stereocenters. The Morgan fingerprint density at radius 2 is 1.23 bits per heavy atom. The highest BCUT2D eigenvalue weighted by Gasteiger charge is 2.51. The van der Waals surface area contributed by atoms with Crippen LogP contribution in [0.15, 0.2) is 73.3 Å². The van der Waals surface area contributed by atoms with Gasteiger partial charge in [-0.25, -0.2) is 0 Å². The molecule has 0 radical (unpaired) electrons. The molecular weight excluding hydrogens is 513 g/mol. The first-order valence-electron chi connectivity index (χ1n) is 14.6. The van der Waals surface area contributed by atoms with Gasteiger partial charge in [-0.2, -0.15) is 0 Å². The van der Waals surface area contributed by atoms with Crippen LogP contribution in [0.2, 0.25) is 23.2 Å². The summed E-state index contributed by atoms with van der Waals surface area (Å²) in [5.41, 5.74) is 0. The molecule has 0 aliphatic heterocycles. The molecule has 0 N–H and O–H groups in total. The second-order valence-corrected chi connectivity index (χ2v) is 23.0. The van der Waals surface area contributed by atoms with Crippen LogP contribution in [0.25, 0.3) is 0 Å². The summed E-state index contributed by atoms with van der Waals surface area (Å²) in [5.74, 6) is 0.570. The average Bonchev–Trinajstić information content (AvgIpc) is 2.87. The molecule has 0 spiro atoms. The molecule has 0 amide bonds. The zero-order valence-electron chi connectivity index (χ0n) is 26.9. The van der Waals surface area contributed by atoms with Crippen molar-refractivity contribution in [2.75, 3.05) is 13.7 Å². The van der Waals surface area contributed by atoms with E-state index in [2.05, 4.69) is 143 Å². The second-order valence-electron chi connectivity index (χ2n) is 13.9. The summed E-state index contributed by atoms with van der Waals surface area (Å²) < 4.78 is 20.7. The Morgan fingerprint density at radius 3 is 1.59 bits per heavy atom. The number of ether oxygens (including phenoxy) is 1. The Kier molecular flexibility index (Phi) is 11.6. The topological polar surface area (TPSA) is 27.7 Å².